The molecule has 37 heavy (non-hydrogen) atoms. The van der Waals surface area contributed by atoms with Crippen molar-refractivity contribution in [2.45, 2.75) is 26.7 Å². The van der Waals surface area contributed by atoms with Gasteiger partial charge in [0.1, 0.15) is 23.9 Å². The molecular weight excluding hydrogens is 458 g/mol. The summed E-state index contributed by atoms with van der Waals surface area (Å²) in [5.74, 6) is 2.66. The SMILES string of the molecule is COc1ccc(-c2ccc3cc(OC)ccc3c2Cc2ccc(OCCN3CCC(C)(C)C3)cc2)cc1. The highest BCUT2D eigenvalue weighted by Gasteiger charge is 2.28. The molecule has 0 spiro atoms. The Morgan fingerprint density at radius 2 is 1.49 bits per heavy atom. The molecule has 0 N–H and O–H groups in total. The Balaban J connectivity index is 1.36. The summed E-state index contributed by atoms with van der Waals surface area (Å²) >= 11 is 0. The van der Waals surface area contributed by atoms with Crippen LogP contribution in [0.25, 0.3) is 21.9 Å². The van der Waals surface area contributed by atoms with Gasteiger partial charge in [-0.1, -0.05) is 56.3 Å². The van der Waals surface area contributed by atoms with Crippen molar-refractivity contribution in [1.29, 1.82) is 0 Å². The van der Waals surface area contributed by atoms with Crippen LogP contribution in [0.2, 0.25) is 0 Å². The number of rotatable bonds is 9. The number of hydrogen-bond acceptors (Lipinski definition) is 4. The first-order valence-corrected chi connectivity index (χ1v) is 13.1. The van der Waals surface area contributed by atoms with Crippen molar-refractivity contribution in [2.24, 2.45) is 5.41 Å². The molecule has 0 radical (unpaired) electrons. The molecule has 5 rings (SSSR count). The van der Waals surface area contributed by atoms with Crippen LogP contribution in [0, 0.1) is 5.41 Å². The molecule has 0 bridgehead atoms. The standard InChI is InChI=1S/C33H37NO3/c1-33(2)17-18-34(23-33)19-20-37-28-10-5-24(6-11-28)21-32-30(25-7-12-27(35-3)13-8-25)15-9-26-22-29(36-4)14-16-31(26)32/h5-16,22H,17-21,23H2,1-4H3. The van der Waals surface area contributed by atoms with Gasteiger partial charge in [-0.25, -0.2) is 0 Å². The number of nitrogens with zero attached hydrogens (tertiary/aromatic N) is 1. The van der Waals surface area contributed by atoms with Gasteiger partial charge in [0.25, 0.3) is 0 Å². The summed E-state index contributed by atoms with van der Waals surface area (Å²) in [6, 6.07) is 27.6. The Morgan fingerprint density at radius 1 is 0.784 bits per heavy atom. The molecule has 4 aromatic carbocycles. The van der Waals surface area contributed by atoms with Crippen LogP contribution < -0.4 is 14.2 Å². The van der Waals surface area contributed by atoms with Crippen LogP contribution in [-0.4, -0.2) is 45.4 Å². The van der Waals surface area contributed by atoms with E-state index in [0.717, 1.165) is 43.4 Å². The third kappa shape index (κ3) is 5.91. The zero-order valence-corrected chi connectivity index (χ0v) is 22.4. The van der Waals surface area contributed by atoms with Crippen LogP contribution in [0.4, 0.5) is 0 Å². The van der Waals surface area contributed by atoms with Crippen LogP contribution >= 0.6 is 0 Å². The smallest absolute Gasteiger partial charge is 0.119 e. The average Bonchev–Trinajstić information content (AvgIpc) is 3.27. The molecule has 1 saturated heterocycles. The third-order valence-corrected chi connectivity index (χ3v) is 7.48. The summed E-state index contributed by atoms with van der Waals surface area (Å²) in [6.45, 7) is 8.72. The lowest BCUT2D eigenvalue weighted by atomic mass is 9.90. The predicted octanol–water partition coefficient (Wildman–Crippen LogP) is 7.23. The van der Waals surface area contributed by atoms with Crippen molar-refractivity contribution in [3.63, 3.8) is 0 Å². The topological polar surface area (TPSA) is 30.9 Å². The van der Waals surface area contributed by atoms with Gasteiger partial charge in [0.2, 0.25) is 0 Å². The molecule has 0 saturated carbocycles. The molecule has 1 aliphatic rings. The minimum absolute atomic E-state index is 0.430. The molecule has 0 amide bonds. The lowest BCUT2D eigenvalue weighted by Gasteiger charge is -2.19. The molecule has 4 aromatic rings. The maximum Gasteiger partial charge on any atom is 0.119 e. The zero-order valence-electron chi connectivity index (χ0n) is 22.4. The van der Waals surface area contributed by atoms with Gasteiger partial charge in [0.15, 0.2) is 0 Å². The van der Waals surface area contributed by atoms with Crippen LogP contribution in [-0.2, 0) is 6.42 Å². The van der Waals surface area contributed by atoms with Crippen molar-refractivity contribution in [2.75, 3.05) is 40.5 Å². The molecular formula is C33H37NO3. The van der Waals surface area contributed by atoms with E-state index in [-0.39, 0.29) is 0 Å². The van der Waals surface area contributed by atoms with E-state index in [1.807, 2.05) is 18.2 Å². The highest BCUT2D eigenvalue weighted by molar-refractivity contribution is 5.93. The van der Waals surface area contributed by atoms with E-state index in [2.05, 4.69) is 79.4 Å². The maximum atomic E-state index is 6.08. The molecule has 192 valence electrons. The predicted molar refractivity (Wildman–Crippen MR) is 152 cm³/mol. The molecule has 1 heterocycles. The summed E-state index contributed by atoms with van der Waals surface area (Å²) < 4.78 is 16.9. The van der Waals surface area contributed by atoms with Crippen molar-refractivity contribution < 1.29 is 14.2 Å². The first-order chi connectivity index (χ1) is 17.9. The first kappa shape index (κ1) is 25.2. The summed E-state index contributed by atoms with van der Waals surface area (Å²) in [5.41, 5.74) is 5.40. The van der Waals surface area contributed by atoms with Gasteiger partial charge in [0, 0.05) is 13.1 Å². The van der Waals surface area contributed by atoms with Crippen molar-refractivity contribution in [3.05, 3.63) is 90.0 Å². The molecule has 1 aliphatic heterocycles. The van der Waals surface area contributed by atoms with E-state index in [1.165, 1.54) is 46.0 Å². The molecule has 0 aliphatic carbocycles. The number of hydrogen-bond donors (Lipinski definition) is 0. The van der Waals surface area contributed by atoms with E-state index in [0.29, 0.717) is 5.41 Å². The lowest BCUT2D eigenvalue weighted by Crippen LogP contribution is -2.27. The molecule has 4 heteroatoms. The molecule has 4 nitrogen and oxygen atoms in total. The minimum atomic E-state index is 0.430. The fourth-order valence-electron chi connectivity index (χ4n) is 5.35. The Labute approximate surface area is 220 Å². The van der Waals surface area contributed by atoms with Crippen LogP contribution in [0.15, 0.2) is 78.9 Å². The van der Waals surface area contributed by atoms with Gasteiger partial charge >= 0.3 is 0 Å². The summed E-state index contributed by atoms with van der Waals surface area (Å²) in [7, 11) is 3.41. The van der Waals surface area contributed by atoms with Gasteiger partial charge in [-0.05, 0) is 94.2 Å². The van der Waals surface area contributed by atoms with E-state index in [4.69, 9.17) is 14.2 Å². The quantitative estimate of drug-likeness (QED) is 0.245. The number of benzene rings is 4. The van der Waals surface area contributed by atoms with Crippen LogP contribution in [0.3, 0.4) is 0 Å². The molecule has 0 atom stereocenters. The van der Waals surface area contributed by atoms with E-state index in [9.17, 15) is 0 Å². The summed E-state index contributed by atoms with van der Waals surface area (Å²) in [6.07, 6.45) is 2.09. The van der Waals surface area contributed by atoms with E-state index < -0.39 is 0 Å². The third-order valence-electron chi connectivity index (χ3n) is 7.48. The van der Waals surface area contributed by atoms with E-state index >= 15 is 0 Å². The van der Waals surface area contributed by atoms with Gasteiger partial charge < -0.3 is 14.2 Å². The minimum Gasteiger partial charge on any atom is -0.497 e. The average molecular weight is 496 g/mol. The fourth-order valence-corrected chi connectivity index (χ4v) is 5.35. The second-order valence-corrected chi connectivity index (χ2v) is 10.8. The van der Waals surface area contributed by atoms with E-state index in [1.54, 1.807) is 14.2 Å². The van der Waals surface area contributed by atoms with Gasteiger partial charge in [-0.2, -0.15) is 0 Å². The van der Waals surface area contributed by atoms with Crippen LogP contribution in [0.1, 0.15) is 31.4 Å². The highest BCUT2D eigenvalue weighted by atomic mass is 16.5. The van der Waals surface area contributed by atoms with Crippen molar-refractivity contribution >= 4 is 10.8 Å². The maximum absolute atomic E-state index is 6.08. The Bertz CT molecular complexity index is 1340. The number of fused-ring (bicyclic) bond motifs is 1. The zero-order chi connectivity index (χ0) is 25.8. The van der Waals surface area contributed by atoms with Gasteiger partial charge in [-0.3, -0.25) is 4.90 Å². The molecule has 0 aromatic heterocycles. The Morgan fingerprint density at radius 3 is 2.16 bits per heavy atom. The second-order valence-electron chi connectivity index (χ2n) is 10.8. The van der Waals surface area contributed by atoms with Gasteiger partial charge in [-0.15, -0.1) is 0 Å². The number of likely N-dealkylation sites (tertiary alicyclic amines) is 1. The van der Waals surface area contributed by atoms with Crippen molar-refractivity contribution in [1.82, 2.24) is 4.90 Å². The molecule has 0 unspecified atom stereocenters. The number of methoxy groups -OCH3 is 2. The molecule has 1 fully saturated rings. The first-order valence-electron chi connectivity index (χ1n) is 13.1. The largest absolute Gasteiger partial charge is 0.497 e. The Hall–Kier alpha value is -3.50. The number of ether oxygens (including phenoxy) is 3. The fraction of sp³-hybridized carbons (Fsp3) is 0.333. The van der Waals surface area contributed by atoms with Gasteiger partial charge in [0.05, 0.1) is 14.2 Å². The van der Waals surface area contributed by atoms with Crippen molar-refractivity contribution in [3.8, 4) is 28.4 Å². The van der Waals surface area contributed by atoms with Crippen LogP contribution in [0.5, 0.6) is 17.2 Å². The lowest BCUT2D eigenvalue weighted by molar-refractivity contribution is 0.222. The normalized spacial score (nSPS) is 15.1. The second kappa shape index (κ2) is 10.9. The summed E-state index contributed by atoms with van der Waals surface area (Å²) in [4.78, 5) is 2.50. The Kier molecular flexibility index (Phi) is 7.38. The highest BCUT2D eigenvalue weighted by Crippen LogP contribution is 2.35. The monoisotopic (exact) mass is 495 g/mol. The summed E-state index contributed by atoms with van der Waals surface area (Å²) in [5, 5.41) is 2.42.